The molecule has 31 heavy (non-hydrogen) atoms. The summed E-state index contributed by atoms with van der Waals surface area (Å²) in [6, 6.07) is 18.0. The molecule has 1 amide bonds. The van der Waals surface area contributed by atoms with Crippen LogP contribution in [-0.4, -0.2) is 27.5 Å². The van der Waals surface area contributed by atoms with Crippen LogP contribution in [0.15, 0.2) is 71.6 Å². The number of sulfonamides is 1. The van der Waals surface area contributed by atoms with Crippen LogP contribution in [0.3, 0.4) is 0 Å². The number of carbonyl (C=O) groups is 1. The van der Waals surface area contributed by atoms with Crippen molar-refractivity contribution in [2.24, 2.45) is 0 Å². The van der Waals surface area contributed by atoms with Crippen LogP contribution < -0.4 is 24.2 Å². The second kappa shape index (κ2) is 8.57. The highest BCUT2D eigenvalue weighted by molar-refractivity contribution is 7.92. The summed E-state index contributed by atoms with van der Waals surface area (Å²) in [6.45, 7) is 2.35. The third-order valence-corrected chi connectivity index (χ3v) is 5.75. The molecule has 0 saturated heterocycles. The second-order valence-corrected chi connectivity index (χ2v) is 8.29. The van der Waals surface area contributed by atoms with E-state index in [1.54, 1.807) is 48.5 Å². The lowest BCUT2D eigenvalue weighted by Crippen LogP contribution is -2.25. The minimum Gasteiger partial charge on any atom is -0.494 e. The van der Waals surface area contributed by atoms with Gasteiger partial charge in [-0.25, -0.2) is 8.42 Å². The van der Waals surface area contributed by atoms with Crippen molar-refractivity contribution >= 4 is 27.3 Å². The lowest BCUT2D eigenvalue weighted by Gasteiger charge is -2.19. The number of rotatable bonds is 7. The Bertz CT molecular complexity index is 1210. The number of hydrogen-bond donors (Lipinski definition) is 2. The van der Waals surface area contributed by atoms with Gasteiger partial charge in [0.05, 0.1) is 22.9 Å². The maximum absolute atomic E-state index is 13.0. The van der Waals surface area contributed by atoms with E-state index < -0.39 is 10.0 Å². The van der Waals surface area contributed by atoms with Crippen LogP contribution in [0.25, 0.3) is 0 Å². The molecule has 1 aliphatic heterocycles. The molecule has 8 nitrogen and oxygen atoms in total. The lowest BCUT2D eigenvalue weighted by atomic mass is 10.2. The van der Waals surface area contributed by atoms with Gasteiger partial charge in [0, 0.05) is 0 Å². The van der Waals surface area contributed by atoms with Crippen molar-refractivity contribution in [3.63, 3.8) is 0 Å². The molecule has 3 aromatic rings. The van der Waals surface area contributed by atoms with Gasteiger partial charge >= 0.3 is 0 Å². The van der Waals surface area contributed by atoms with Crippen molar-refractivity contribution in [1.29, 1.82) is 0 Å². The van der Waals surface area contributed by atoms with E-state index >= 15 is 0 Å². The number of amides is 1. The number of anilines is 2. The molecule has 4 rings (SSSR count). The van der Waals surface area contributed by atoms with Gasteiger partial charge in [-0.05, 0) is 61.5 Å². The summed E-state index contributed by atoms with van der Waals surface area (Å²) in [7, 11) is -3.95. The second-order valence-electron chi connectivity index (χ2n) is 6.60. The molecule has 0 aliphatic carbocycles. The first-order valence-corrected chi connectivity index (χ1v) is 11.0. The number of ether oxygens (including phenoxy) is 3. The Morgan fingerprint density at radius 3 is 2.55 bits per heavy atom. The molecule has 3 aromatic carbocycles. The van der Waals surface area contributed by atoms with E-state index in [1.807, 2.05) is 6.92 Å². The van der Waals surface area contributed by atoms with Crippen molar-refractivity contribution in [2.75, 3.05) is 23.3 Å². The highest BCUT2D eigenvalue weighted by Gasteiger charge is 2.22. The topological polar surface area (TPSA) is 103 Å². The van der Waals surface area contributed by atoms with E-state index in [0.717, 1.165) is 0 Å². The third-order valence-electron chi connectivity index (χ3n) is 4.39. The normalized spacial score (nSPS) is 12.9. The molecule has 9 heteroatoms. The number of carbonyl (C=O) groups excluding carboxylic acids is 1. The fourth-order valence-corrected chi connectivity index (χ4v) is 4.07. The number of fused-ring (bicyclic) bond motifs is 1. The fourth-order valence-electron chi connectivity index (χ4n) is 2.97. The molecule has 160 valence electrons. The first-order valence-electron chi connectivity index (χ1n) is 9.54. The van der Waals surface area contributed by atoms with Crippen molar-refractivity contribution in [1.82, 2.24) is 0 Å². The maximum atomic E-state index is 13.0. The van der Waals surface area contributed by atoms with E-state index in [0.29, 0.717) is 35.3 Å². The Hall–Kier alpha value is -3.72. The highest BCUT2D eigenvalue weighted by atomic mass is 32.2. The maximum Gasteiger partial charge on any atom is 0.262 e. The van der Waals surface area contributed by atoms with E-state index in [4.69, 9.17) is 14.2 Å². The van der Waals surface area contributed by atoms with Crippen LogP contribution in [0.4, 0.5) is 11.4 Å². The molecule has 0 bridgehead atoms. The summed E-state index contributed by atoms with van der Waals surface area (Å²) in [5.74, 6) is 1.66. The zero-order valence-electron chi connectivity index (χ0n) is 16.6. The van der Waals surface area contributed by atoms with Crippen LogP contribution in [0.5, 0.6) is 23.0 Å². The van der Waals surface area contributed by atoms with Gasteiger partial charge in [-0.1, -0.05) is 12.1 Å². The van der Waals surface area contributed by atoms with Crippen molar-refractivity contribution in [3.05, 3.63) is 66.7 Å². The van der Waals surface area contributed by atoms with E-state index in [2.05, 4.69) is 10.0 Å². The molecule has 0 atom stereocenters. The summed E-state index contributed by atoms with van der Waals surface area (Å²) in [6.07, 6.45) is 0. The number of benzene rings is 3. The van der Waals surface area contributed by atoms with Gasteiger partial charge in [0.1, 0.15) is 17.2 Å². The minimum absolute atomic E-state index is 0.0204. The molecule has 0 fully saturated rings. The minimum atomic E-state index is -3.95. The Morgan fingerprint density at radius 1 is 1.03 bits per heavy atom. The molecule has 0 aromatic heterocycles. The van der Waals surface area contributed by atoms with Crippen LogP contribution in [-0.2, 0) is 14.8 Å². The summed E-state index contributed by atoms with van der Waals surface area (Å²) in [4.78, 5) is 11.5. The summed E-state index contributed by atoms with van der Waals surface area (Å²) < 4.78 is 45.0. The Morgan fingerprint density at radius 2 is 1.77 bits per heavy atom. The first-order chi connectivity index (χ1) is 14.9. The average molecular weight is 440 g/mol. The molecule has 0 radical (unpaired) electrons. The van der Waals surface area contributed by atoms with Gasteiger partial charge in [0.25, 0.3) is 15.9 Å². The van der Waals surface area contributed by atoms with Crippen LogP contribution in [0.1, 0.15) is 6.92 Å². The molecule has 2 N–H and O–H groups in total. The molecule has 1 aliphatic rings. The predicted octanol–water partition coefficient (Wildman–Crippen LogP) is 4.01. The monoisotopic (exact) mass is 440 g/mol. The zero-order chi connectivity index (χ0) is 21.8. The van der Waals surface area contributed by atoms with Crippen molar-refractivity contribution in [2.45, 2.75) is 11.8 Å². The fraction of sp³-hybridized carbons (Fsp3) is 0.136. The van der Waals surface area contributed by atoms with E-state index in [1.165, 1.54) is 18.2 Å². The summed E-state index contributed by atoms with van der Waals surface area (Å²) in [5.41, 5.74) is 0.576. The first kappa shape index (κ1) is 20.5. The standard InChI is InChI=1S/C22H20N2O6S/c1-2-28-15-7-9-16(10-8-15)30-21-6-4-3-5-18(21)24-31(26,27)17-11-12-20-19(13-17)23-22(25)14-29-20/h3-13,24H,2,14H2,1H3,(H,23,25). The van der Waals surface area contributed by atoms with Gasteiger partial charge < -0.3 is 19.5 Å². The quantitative estimate of drug-likeness (QED) is 0.576. The van der Waals surface area contributed by atoms with Crippen molar-refractivity contribution in [3.8, 4) is 23.0 Å². The Balaban J connectivity index is 1.57. The lowest BCUT2D eigenvalue weighted by molar-refractivity contribution is -0.118. The molecule has 0 unspecified atom stereocenters. The third kappa shape index (κ3) is 4.72. The average Bonchev–Trinajstić information content (AvgIpc) is 2.76. The molecular formula is C22H20N2O6S. The smallest absolute Gasteiger partial charge is 0.262 e. The van der Waals surface area contributed by atoms with Gasteiger partial charge in [-0.3, -0.25) is 9.52 Å². The highest BCUT2D eigenvalue weighted by Crippen LogP contribution is 2.34. The molecular weight excluding hydrogens is 420 g/mol. The van der Waals surface area contributed by atoms with E-state index in [9.17, 15) is 13.2 Å². The zero-order valence-corrected chi connectivity index (χ0v) is 17.4. The van der Waals surface area contributed by atoms with Crippen LogP contribution in [0, 0.1) is 0 Å². The number of nitrogens with one attached hydrogen (secondary N) is 2. The largest absolute Gasteiger partial charge is 0.494 e. The predicted molar refractivity (Wildman–Crippen MR) is 116 cm³/mol. The molecule has 0 saturated carbocycles. The van der Waals surface area contributed by atoms with E-state index in [-0.39, 0.29) is 23.1 Å². The van der Waals surface area contributed by atoms with Crippen LogP contribution in [0.2, 0.25) is 0 Å². The van der Waals surface area contributed by atoms with Gasteiger partial charge in [-0.2, -0.15) is 0 Å². The Labute approximate surface area is 179 Å². The molecule has 1 heterocycles. The Kier molecular flexibility index (Phi) is 5.68. The van der Waals surface area contributed by atoms with Gasteiger partial charge in [-0.15, -0.1) is 0 Å². The molecule has 0 spiro atoms. The van der Waals surface area contributed by atoms with Crippen LogP contribution >= 0.6 is 0 Å². The number of hydrogen-bond acceptors (Lipinski definition) is 6. The summed E-state index contributed by atoms with van der Waals surface area (Å²) in [5, 5.41) is 2.60. The SMILES string of the molecule is CCOc1ccc(Oc2ccccc2NS(=O)(=O)c2ccc3c(c2)NC(=O)CO3)cc1. The van der Waals surface area contributed by atoms with Gasteiger partial charge in [0.15, 0.2) is 12.4 Å². The van der Waals surface area contributed by atoms with Gasteiger partial charge in [0.2, 0.25) is 0 Å². The van der Waals surface area contributed by atoms with Crippen molar-refractivity contribution < 1.29 is 27.4 Å². The number of para-hydroxylation sites is 2. The summed E-state index contributed by atoms with van der Waals surface area (Å²) >= 11 is 0.